The lowest BCUT2D eigenvalue weighted by Crippen LogP contribution is -2.38. The van der Waals surface area contributed by atoms with Crippen LogP contribution in [0.5, 0.6) is 0 Å². The number of nitrogens with one attached hydrogen (secondary N) is 1. The molecule has 1 unspecified atom stereocenters. The maximum absolute atomic E-state index is 12.2. The molecule has 0 aliphatic rings. The van der Waals surface area contributed by atoms with Crippen molar-refractivity contribution in [2.24, 2.45) is 5.92 Å². The lowest BCUT2D eigenvalue weighted by molar-refractivity contribution is -0.134. The highest BCUT2D eigenvalue weighted by Crippen LogP contribution is 2.08. The maximum Gasteiger partial charge on any atom is 0.227 e. The van der Waals surface area contributed by atoms with E-state index in [0.717, 1.165) is 5.56 Å². The van der Waals surface area contributed by atoms with Crippen LogP contribution in [-0.2, 0) is 11.3 Å². The summed E-state index contributed by atoms with van der Waals surface area (Å²) < 4.78 is 0. The first kappa shape index (κ1) is 14.2. The number of benzene rings is 1. The van der Waals surface area contributed by atoms with Gasteiger partial charge in [0.1, 0.15) is 6.54 Å². The van der Waals surface area contributed by atoms with E-state index in [-0.39, 0.29) is 18.4 Å². The zero-order valence-corrected chi connectivity index (χ0v) is 10.9. The Labute approximate surface area is 108 Å². The third kappa shape index (κ3) is 4.19. The van der Waals surface area contributed by atoms with E-state index in [4.69, 9.17) is 5.26 Å². The second kappa shape index (κ2) is 7.46. The van der Waals surface area contributed by atoms with Gasteiger partial charge in [0, 0.05) is 19.0 Å². The third-order valence-electron chi connectivity index (χ3n) is 2.72. The van der Waals surface area contributed by atoms with Gasteiger partial charge in [-0.2, -0.15) is 5.26 Å². The summed E-state index contributed by atoms with van der Waals surface area (Å²) in [6.07, 6.45) is 0. The van der Waals surface area contributed by atoms with Crippen LogP contribution in [0.2, 0.25) is 0 Å². The van der Waals surface area contributed by atoms with Crippen LogP contribution in [0.25, 0.3) is 0 Å². The normalized spacial score (nSPS) is 11.6. The Morgan fingerprint density at radius 3 is 2.67 bits per heavy atom. The van der Waals surface area contributed by atoms with Crippen LogP contribution in [0.4, 0.5) is 0 Å². The van der Waals surface area contributed by atoms with Crippen LogP contribution in [0.3, 0.4) is 0 Å². The summed E-state index contributed by atoms with van der Waals surface area (Å²) in [7, 11) is 1.82. The van der Waals surface area contributed by atoms with Crippen LogP contribution in [0.1, 0.15) is 12.5 Å². The quantitative estimate of drug-likeness (QED) is 0.771. The molecule has 4 heteroatoms. The summed E-state index contributed by atoms with van der Waals surface area (Å²) in [6, 6.07) is 11.8. The molecular formula is C14H19N3O. The van der Waals surface area contributed by atoms with Crippen molar-refractivity contribution in [3.63, 3.8) is 0 Å². The lowest BCUT2D eigenvalue weighted by atomic mass is 10.1. The average molecular weight is 245 g/mol. The van der Waals surface area contributed by atoms with Crippen LogP contribution < -0.4 is 5.32 Å². The van der Waals surface area contributed by atoms with Gasteiger partial charge in [0.25, 0.3) is 0 Å². The zero-order chi connectivity index (χ0) is 13.4. The molecule has 1 rings (SSSR count). The minimum Gasteiger partial charge on any atom is -0.325 e. The molecule has 0 heterocycles. The molecule has 0 spiro atoms. The van der Waals surface area contributed by atoms with Gasteiger partial charge in [-0.05, 0) is 12.6 Å². The predicted octanol–water partition coefficient (Wildman–Crippen LogP) is 1.39. The van der Waals surface area contributed by atoms with Gasteiger partial charge in [-0.1, -0.05) is 37.3 Å². The minimum absolute atomic E-state index is 0.00903. The molecule has 0 aliphatic carbocycles. The lowest BCUT2D eigenvalue weighted by Gasteiger charge is -2.23. The SMILES string of the molecule is CNCC(C)C(=O)N(CC#N)Cc1ccccc1. The van der Waals surface area contributed by atoms with Gasteiger partial charge in [0.2, 0.25) is 5.91 Å². The van der Waals surface area contributed by atoms with Crippen LogP contribution in [0.15, 0.2) is 30.3 Å². The predicted molar refractivity (Wildman–Crippen MR) is 70.6 cm³/mol. The van der Waals surface area contributed by atoms with Crippen molar-refractivity contribution in [3.05, 3.63) is 35.9 Å². The molecule has 1 atom stereocenters. The number of amides is 1. The van der Waals surface area contributed by atoms with E-state index in [1.165, 1.54) is 0 Å². The van der Waals surface area contributed by atoms with Crippen molar-refractivity contribution in [2.75, 3.05) is 20.1 Å². The highest BCUT2D eigenvalue weighted by Gasteiger charge is 2.19. The summed E-state index contributed by atoms with van der Waals surface area (Å²) in [5.74, 6) is -0.109. The Morgan fingerprint density at radius 2 is 2.11 bits per heavy atom. The van der Waals surface area contributed by atoms with Crippen LogP contribution >= 0.6 is 0 Å². The van der Waals surface area contributed by atoms with E-state index in [2.05, 4.69) is 11.4 Å². The Balaban J connectivity index is 2.71. The molecule has 0 saturated carbocycles. The van der Waals surface area contributed by atoms with Crippen LogP contribution in [-0.4, -0.2) is 30.9 Å². The number of rotatable bonds is 6. The zero-order valence-electron chi connectivity index (χ0n) is 10.9. The highest BCUT2D eigenvalue weighted by molar-refractivity contribution is 5.79. The average Bonchev–Trinajstić information content (AvgIpc) is 2.39. The Kier molecular flexibility index (Phi) is 5.89. The Morgan fingerprint density at radius 1 is 1.44 bits per heavy atom. The van der Waals surface area contributed by atoms with E-state index in [1.807, 2.05) is 44.3 Å². The fraction of sp³-hybridized carbons (Fsp3) is 0.429. The Bertz CT molecular complexity index is 411. The highest BCUT2D eigenvalue weighted by atomic mass is 16.2. The first-order chi connectivity index (χ1) is 8.69. The number of hydrogen-bond donors (Lipinski definition) is 1. The number of carbonyl (C=O) groups is 1. The molecule has 0 bridgehead atoms. The summed E-state index contributed by atoms with van der Waals surface area (Å²) in [5, 5.41) is 11.8. The molecular weight excluding hydrogens is 226 g/mol. The van der Waals surface area contributed by atoms with Gasteiger partial charge in [-0.3, -0.25) is 4.79 Å². The summed E-state index contributed by atoms with van der Waals surface area (Å²) in [5.41, 5.74) is 1.04. The van der Waals surface area contributed by atoms with Crippen molar-refractivity contribution in [1.82, 2.24) is 10.2 Å². The first-order valence-electron chi connectivity index (χ1n) is 6.03. The number of nitrogens with zero attached hydrogens (tertiary/aromatic N) is 2. The number of nitriles is 1. The second-order valence-electron chi connectivity index (χ2n) is 4.30. The minimum atomic E-state index is -0.118. The molecule has 0 aliphatic heterocycles. The van der Waals surface area contributed by atoms with Gasteiger partial charge < -0.3 is 10.2 Å². The van der Waals surface area contributed by atoms with E-state index in [0.29, 0.717) is 13.1 Å². The van der Waals surface area contributed by atoms with Crippen molar-refractivity contribution in [2.45, 2.75) is 13.5 Å². The molecule has 1 aromatic rings. The van der Waals surface area contributed by atoms with E-state index < -0.39 is 0 Å². The fourth-order valence-corrected chi connectivity index (χ4v) is 1.81. The van der Waals surface area contributed by atoms with Crippen molar-refractivity contribution in [3.8, 4) is 6.07 Å². The van der Waals surface area contributed by atoms with Crippen molar-refractivity contribution >= 4 is 5.91 Å². The summed E-state index contributed by atoms with van der Waals surface area (Å²) >= 11 is 0. The molecule has 0 fully saturated rings. The third-order valence-corrected chi connectivity index (χ3v) is 2.72. The van der Waals surface area contributed by atoms with Gasteiger partial charge in [-0.25, -0.2) is 0 Å². The standard InChI is InChI=1S/C14H19N3O/c1-12(10-16-2)14(18)17(9-8-15)11-13-6-4-3-5-7-13/h3-7,12,16H,9-11H2,1-2H3. The molecule has 1 N–H and O–H groups in total. The second-order valence-corrected chi connectivity index (χ2v) is 4.30. The molecule has 1 amide bonds. The molecule has 0 aromatic heterocycles. The van der Waals surface area contributed by atoms with Gasteiger partial charge in [-0.15, -0.1) is 0 Å². The molecule has 0 saturated heterocycles. The number of hydrogen-bond acceptors (Lipinski definition) is 3. The van der Waals surface area contributed by atoms with E-state index >= 15 is 0 Å². The monoisotopic (exact) mass is 245 g/mol. The van der Waals surface area contributed by atoms with Gasteiger partial charge in [0.05, 0.1) is 6.07 Å². The molecule has 18 heavy (non-hydrogen) atoms. The van der Waals surface area contributed by atoms with Crippen LogP contribution in [0, 0.1) is 17.2 Å². The molecule has 96 valence electrons. The topological polar surface area (TPSA) is 56.1 Å². The van der Waals surface area contributed by atoms with Gasteiger partial charge >= 0.3 is 0 Å². The molecule has 0 radical (unpaired) electrons. The van der Waals surface area contributed by atoms with Crippen molar-refractivity contribution in [1.29, 1.82) is 5.26 Å². The largest absolute Gasteiger partial charge is 0.325 e. The van der Waals surface area contributed by atoms with E-state index in [1.54, 1.807) is 4.90 Å². The number of carbonyl (C=O) groups excluding carboxylic acids is 1. The molecule has 4 nitrogen and oxygen atoms in total. The summed E-state index contributed by atoms with van der Waals surface area (Å²) in [6.45, 7) is 3.10. The Hall–Kier alpha value is -1.86. The van der Waals surface area contributed by atoms with E-state index in [9.17, 15) is 4.79 Å². The van der Waals surface area contributed by atoms with Crippen molar-refractivity contribution < 1.29 is 4.79 Å². The smallest absolute Gasteiger partial charge is 0.227 e. The van der Waals surface area contributed by atoms with Gasteiger partial charge in [0.15, 0.2) is 0 Å². The molecule has 1 aromatic carbocycles. The fourth-order valence-electron chi connectivity index (χ4n) is 1.81. The first-order valence-corrected chi connectivity index (χ1v) is 6.03. The maximum atomic E-state index is 12.2. The summed E-state index contributed by atoms with van der Waals surface area (Å²) in [4.78, 5) is 13.8.